The van der Waals surface area contributed by atoms with Gasteiger partial charge in [0.1, 0.15) is 0 Å². The van der Waals surface area contributed by atoms with Crippen molar-refractivity contribution in [2.24, 2.45) is 0 Å². The van der Waals surface area contributed by atoms with E-state index in [1.807, 2.05) is 0 Å². The first kappa shape index (κ1) is 10.2. The molecule has 0 unspecified atom stereocenters. The number of benzene rings is 1. The van der Waals surface area contributed by atoms with Crippen LogP contribution < -0.4 is 15.8 Å². The van der Waals surface area contributed by atoms with Gasteiger partial charge >= 0.3 is 5.91 Å². The number of rotatable bonds is 2. The summed E-state index contributed by atoms with van der Waals surface area (Å²) >= 11 is 0. The predicted molar refractivity (Wildman–Crippen MR) is 60.0 cm³/mol. The van der Waals surface area contributed by atoms with Crippen LogP contribution in [0.15, 0.2) is 48.7 Å². The molecule has 2 aromatic rings. The number of carbonyl (C=O) groups excluding carboxylic acids is 1. The van der Waals surface area contributed by atoms with Crippen LogP contribution in [0.1, 0.15) is 10.5 Å². The fourth-order valence-corrected chi connectivity index (χ4v) is 1.31. The van der Waals surface area contributed by atoms with E-state index >= 15 is 0 Å². The van der Waals surface area contributed by atoms with Crippen molar-refractivity contribution in [3.63, 3.8) is 0 Å². The summed E-state index contributed by atoms with van der Waals surface area (Å²) < 4.78 is 1.28. The molecule has 1 aromatic heterocycles. The predicted octanol–water partition coefficient (Wildman–Crippen LogP) is 0.740. The Morgan fingerprint density at radius 2 is 2.19 bits per heavy atom. The van der Waals surface area contributed by atoms with Crippen molar-refractivity contribution in [2.75, 3.05) is 11.2 Å². The molecule has 16 heavy (non-hydrogen) atoms. The highest BCUT2D eigenvalue weighted by atomic mass is 16.2. The second-order valence-corrected chi connectivity index (χ2v) is 3.24. The van der Waals surface area contributed by atoms with Crippen molar-refractivity contribution in [3.05, 3.63) is 60.4 Å². The molecule has 3 N–H and O–H groups in total. The van der Waals surface area contributed by atoms with Gasteiger partial charge in [0, 0.05) is 17.8 Å². The molecule has 0 aliphatic heterocycles. The summed E-state index contributed by atoms with van der Waals surface area (Å²) in [6, 6.07) is 15.1. The Morgan fingerprint density at radius 1 is 1.31 bits per heavy atom. The number of anilines is 1. The second kappa shape index (κ2) is 4.44. The molecule has 1 radical (unpaired) electrons. The molecule has 4 nitrogen and oxygen atoms in total. The molecule has 1 aromatic carbocycles. The number of aromatic nitrogens is 1. The molecular weight excluding hydrogens is 202 g/mol. The van der Waals surface area contributed by atoms with E-state index in [4.69, 9.17) is 5.84 Å². The third-order valence-electron chi connectivity index (χ3n) is 2.09. The zero-order valence-electron chi connectivity index (χ0n) is 8.55. The summed E-state index contributed by atoms with van der Waals surface area (Å²) in [7, 11) is 0. The fourth-order valence-electron chi connectivity index (χ4n) is 1.31. The summed E-state index contributed by atoms with van der Waals surface area (Å²) in [4.78, 5) is 11.8. The van der Waals surface area contributed by atoms with Crippen molar-refractivity contribution >= 4 is 11.6 Å². The normalized spacial score (nSPS) is 9.75. The molecule has 0 saturated carbocycles. The van der Waals surface area contributed by atoms with Gasteiger partial charge in [-0.1, -0.05) is 16.8 Å². The molecule has 0 atom stereocenters. The summed E-state index contributed by atoms with van der Waals surface area (Å²) in [6.07, 6.45) is 1.62. The topological polar surface area (TPSA) is 59.0 Å². The minimum Gasteiger partial charge on any atom is -0.317 e. The molecule has 0 bridgehead atoms. The lowest BCUT2D eigenvalue weighted by atomic mass is 10.3. The summed E-state index contributed by atoms with van der Waals surface area (Å²) in [6.45, 7) is 0. The second-order valence-electron chi connectivity index (χ2n) is 3.24. The number of amides is 1. The first-order valence-corrected chi connectivity index (χ1v) is 4.80. The number of nitrogens with one attached hydrogen (secondary N) is 1. The Kier molecular flexibility index (Phi) is 2.82. The van der Waals surface area contributed by atoms with E-state index in [9.17, 15) is 4.79 Å². The van der Waals surface area contributed by atoms with Crippen molar-refractivity contribution in [1.29, 1.82) is 0 Å². The maximum atomic E-state index is 11.8. The van der Waals surface area contributed by atoms with Crippen molar-refractivity contribution in [3.8, 4) is 0 Å². The smallest absolute Gasteiger partial charge is 0.317 e. The highest BCUT2D eigenvalue weighted by Gasteiger charge is 2.16. The van der Waals surface area contributed by atoms with E-state index in [0.29, 0.717) is 11.4 Å². The number of hydrogen-bond donors (Lipinski definition) is 2. The van der Waals surface area contributed by atoms with Crippen LogP contribution >= 0.6 is 0 Å². The van der Waals surface area contributed by atoms with Crippen molar-refractivity contribution in [2.45, 2.75) is 0 Å². The van der Waals surface area contributed by atoms with Gasteiger partial charge in [0.05, 0.1) is 0 Å². The molecule has 2 rings (SSSR count). The van der Waals surface area contributed by atoms with Gasteiger partial charge in [-0.15, -0.1) is 0 Å². The van der Waals surface area contributed by atoms with E-state index in [2.05, 4.69) is 11.4 Å². The largest absolute Gasteiger partial charge is 0.323 e. The molecule has 1 amide bonds. The quantitative estimate of drug-likeness (QED) is 0.571. The van der Waals surface area contributed by atoms with Gasteiger partial charge in [0.2, 0.25) is 0 Å². The minimum absolute atomic E-state index is 0.247. The molecule has 0 saturated heterocycles. The molecule has 79 valence electrons. The van der Waals surface area contributed by atoms with Gasteiger partial charge in [-0.25, -0.2) is 5.84 Å². The lowest BCUT2D eigenvalue weighted by molar-refractivity contribution is -0.640. The molecular formula is C12H11N3O+. The van der Waals surface area contributed by atoms with Gasteiger partial charge in [-0.05, 0) is 24.3 Å². The molecule has 1 heterocycles. The molecule has 4 heteroatoms. The van der Waals surface area contributed by atoms with Crippen molar-refractivity contribution in [1.82, 2.24) is 0 Å². The average Bonchev–Trinajstić information content (AvgIpc) is 2.31. The Balaban J connectivity index is 2.19. The average molecular weight is 213 g/mol. The van der Waals surface area contributed by atoms with Crippen molar-refractivity contribution < 1.29 is 9.47 Å². The number of carbonyl (C=O) groups is 1. The molecule has 0 aliphatic rings. The number of pyridine rings is 1. The third kappa shape index (κ3) is 2.17. The van der Waals surface area contributed by atoms with Crippen LogP contribution in [0.3, 0.4) is 0 Å². The van der Waals surface area contributed by atoms with Crippen LogP contribution in [0, 0.1) is 6.07 Å². The van der Waals surface area contributed by atoms with Gasteiger partial charge in [-0.3, -0.25) is 4.79 Å². The van der Waals surface area contributed by atoms with Crippen LogP contribution in [0.5, 0.6) is 0 Å². The van der Waals surface area contributed by atoms with Crippen LogP contribution in [-0.2, 0) is 0 Å². The number of nitrogens with two attached hydrogens (primary N) is 1. The van der Waals surface area contributed by atoms with Crippen LogP contribution in [-0.4, -0.2) is 5.91 Å². The van der Waals surface area contributed by atoms with Gasteiger partial charge in [0.25, 0.3) is 5.69 Å². The fraction of sp³-hybridized carbons (Fsp3) is 0. The Labute approximate surface area is 93.3 Å². The zero-order valence-corrected chi connectivity index (χ0v) is 8.55. The standard InChI is InChI=1S/C12H10N3O/c13-15-9-5-4-8-11(15)12(16)14-10-6-2-1-3-7-10/h1-2,4-9H,(H2-,13,14,16)/p+1. The summed E-state index contributed by atoms with van der Waals surface area (Å²) in [5.74, 6) is 5.38. The van der Waals surface area contributed by atoms with E-state index in [1.54, 1.807) is 48.7 Å². The van der Waals surface area contributed by atoms with Gasteiger partial charge in [-0.2, -0.15) is 0 Å². The highest BCUT2D eigenvalue weighted by Crippen LogP contribution is 2.05. The Bertz CT molecular complexity index is 497. The van der Waals surface area contributed by atoms with Crippen LogP contribution in [0.2, 0.25) is 0 Å². The van der Waals surface area contributed by atoms with E-state index in [0.717, 1.165) is 0 Å². The van der Waals surface area contributed by atoms with E-state index in [-0.39, 0.29) is 5.91 Å². The zero-order chi connectivity index (χ0) is 11.4. The van der Waals surface area contributed by atoms with Gasteiger partial charge in [0.15, 0.2) is 6.20 Å². The maximum absolute atomic E-state index is 11.8. The first-order valence-electron chi connectivity index (χ1n) is 4.80. The van der Waals surface area contributed by atoms with E-state index < -0.39 is 0 Å². The number of nitrogens with zero attached hydrogens (tertiary/aromatic N) is 1. The monoisotopic (exact) mass is 213 g/mol. The Morgan fingerprint density at radius 3 is 2.88 bits per heavy atom. The highest BCUT2D eigenvalue weighted by molar-refractivity contribution is 6.01. The number of hydrogen-bond acceptors (Lipinski definition) is 2. The minimum atomic E-state index is -0.247. The molecule has 0 aliphatic carbocycles. The Hall–Kier alpha value is -2.36. The summed E-state index contributed by atoms with van der Waals surface area (Å²) in [5.41, 5.74) is 1.09. The third-order valence-corrected chi connectivity index (χ3v) is 2.09. The van der Waals surface area contributed by atoms with Crippen LogP contribution in [0.25, 0.3) is 0 Å². The lowest BCUT2D eigenvalue weighted by Crippen LogP contribution is -2.50. The number of nitrogen functional groups attached to an aromatic ring is 1. The van der Waals surface area contributed by atoms with E-state index in [1.165, 1.54) is 4.68 Å². The van der Waals surface area contributed by atoms with Gasteiger partial charge < -0.3 is 5.32 Å². The molecule has 0 spiro atoms. The first-order chi connectivity index (χ1) is 7.77. The summed E-state index contributed by atoms with van der Waals surface area (Å²) in [5, 5.41) is 2.73. The SMILES string of the molecule is N[n+]1ccccc1C(=O)Nc1c[c]ccc1. The lowest BCUT2D eigenvalue weighted by Gasteiger charge is -2.01. The van der Waals surface area contributed by atoms with Crippen LogP contribution in [0.4, 0.5) is 5.69 Å². The maximum Gasteiger partial charge on any atom is 0.323 e. The molecule has 0 fully saturated rings.